The smallest absolute Gasteiger partial charge is 0.338 e. The zero-order valence-corrected chi connectivity index (χ0v) is 17.8. The van der Waals surface area contributed by atoms with Crippen molar-refractivity contribution >= 4 is 23.9 Å². The lowest BCUT2D eigenvalue weighted by Crippen LogP contribution is -2.43. The molecule has 0 spiro atoms. The van der Waals surface area contributed by atoms with Gasteiger partial charge in [-0.3, -0.25) is 14.5 Å². The Labute approximate surface area is 185 Å². The summed E-state index contributed by atoms with van der Waals surface area (Å²) >= 11 is 0. The van der Waals surface area contributed by atoms with E-state index in [-0.39, 0.29) is 42.9 Å². The summed E-state index contributed by atoms with van der Waals surface area (Å²) in [4.78, 5) is 38.3. The number of aliphatic hydroxyl groups excluding tert-OH is 1. The second-order valence-electron chi connectivity index (χ2n) is 7.01. The second kappa shape index (κ2) is 9.90. The van der Waals surface area contributed by atoms with Crippen LogP contribution in [0.25, 0.3) is 17.4 Å². The Morgan fingerprint density at radius 1 is 1.25 bits per heavy atom. The van der Waals surface area contributed by atoms with Gasteiger partial charge in [-0.05, 0) is 56.2 Å². The van der Waals surface area contributed by atoms with Gasteiger partial charge in [0, 0.05) is 24.3 Å². The van der Waals surface area contributed by atoms with Gasteiger partial charge in [0.15, 0.2) is 0 Å². The number of esters is 1. The van der Waals surface area contributed by atoms with Gasteiger partial charge in [0.05, 0.1) is 12.2 Å². The number of furan rings is 1. The van der Waals surface area contributed by atoms with Gasteiger partial charge in [0.25, 0.3) is 11.8 Å². The second-order valence-corrected chi connectivity index (χ2v) is 7.01. The summed E-state index contributed by atoms with van der Waals surface area (Å²) in [5.41, 5.74) is 1.35. The molecule has 2 amide bonds. The van der Waals surface area contributed by atoms with Gasteiger partial charge in [-0.2, -0.15) is 5.26 Å². The molecule has 0 saturated heterocycles. The molecule has 0 saturated carbocycles. The van der Waals surface area contributed by atoms with Crippen LogP contribution < -0.4 is 0 Å². The third-order valence-electron chi connectivity index (χ3n) is 4.94. The number of nitrogens with zero attached hydrogens (tertiary/aromatic N) is 2. The zero-order chi connectivity index (χ0) is 23.3. The lowest BCUT2D eigenvalue weighted by Gasteiger charge is -2.27. The fourth-order valence-corrected chi connectivity index (χ4v) is 3.30. The maximum absolute atomic E-state index is 12.9. The third kappa shape index (κ3) is 4.53. The van der Waals surface area contributed by atoms with E-state index in [2.05, 4.69) is 0 Å². The van der Waals surface area contributed by atoms with Gasteiger partial charge in [-0.25, -0.2) is 4.79 Å². The van der Waals surface area contributed by atoms with Crippen LogP contribution in [0.1, 0.15) is 36.4 Å². The number of carbonyl (C=O) groups excluding carboxylic acids is 3. The van der Waals surface area contributed by atoms with Gasteiger partial charge in [0.2, 0.25) is 0 Å². The minimum Gasteiger partial charge on any atom is -0.462 e. The van der Waals surface area contributed by atoms with E-state index >= 15 is 0 Å². The quantitative estimate of drug-likeness (QED) is 0.404. The Morgan fingerprint density at radius 3 is 2.72 bits per heavy atom. The number of hydrogen-bond donors (Lipinski definition) is 1. The number of nitriles is 1. The first-order valence-electron chi connectivity index (χ1n) is 10.1. The van der Waals surface area contributed by atoms with Crippen molar-refractivity contribution in [2.24, 2.45) is 0 Å². The fraction of sp³-hybridized carbons (Fsp3) is 0.250. The lowest BCUT2D eigenvalue weighted by atomic mass is 9.94. The van der Waals surface area contributed by atoms with Crippen LogP contribution in [0.15, 0.2) is 57.5 Å². The van der Waals surface area contributed by atoms with Crippen molar-refractivity contribution in [3.05, 3.63) is 64.4 Å². The summed E-state index contributed by atoms with van der Waals surface area (Å²) in [6, 6.07) is 12.0. The molecule has 2 aromatic rings. The fourth-order valence-electron chi connectivity index (χ4n) is 3.30. The summed E-state index contributed by atoms with van der Waals surface area (Å²) < 4.78 is 10.9. The van der Waals surface area contributed by atoms with Gasteiger partial charge in [0.1, 0.15) is 23.2 Å². The Hall–Kier alpha value is -3.96. The van der Waals surface area contributed by atoms with Crippen molar-refractivity contribution < 1.29 is 28.6 Å². The summed E-state index contributed by atoms with van der Waals surface area (Å²) in [5, 5.41) is 18.5. The van der Waals surface area contributed by atoms with Gasteiger partial charge in [-0.15, -0.1) is 0 Å². The molecule has 1 aromatic carbocycles. The molecule has 0 radical (unpaired) electrons. The predicted molar refractivity (Wildman–Crippen MR) is 115 cm³/mol. The summed E-state index contributed by atoms with van der Waals surface area (Å²) in [6.45, 7) is 3.36. The monoisotopic (exact) mass is 434 g/mol. The van der Waals surface area contributed by atoms with Crippen LogP contribution in [-0.2, 0) is 14.3 Å². The average Bonchev–Trinajstić information content (AvgIpc) is 3.26. The molecule has 1 aliphatic heterocycles. The van der Waals surface area contributed by atoms with E-state index in [0.29, 0.717) is 22.6 Å². The molecule has 3 rings (SSSR count). The third-order valence-corrected chi connectivity index (χ3v) is 4.94. The number of aliphatic hydroxyl groups is 1. The molecular weight excluding hydrogens is 412 g/mol. The molecule has 0 aliphatic carbocycles. The van der Waals surface area contributed by atoms with Crippen molar-refractivity contribution in [1.29, 1.82) is 5.26 Å². The Morgan fingerprint density at radius 2 is 2.03 bits per heavy atom. The van der Waals surface area contributed by atoms with E-state index in [1.165, 1.54) is 13.0 Å². The predicted octanol–water partition coefficient (Wildman–Crippen LogP) is 3.10. The van der Waals surface area contributed by atoms with Crippen LogP contribution in [-0.4, -0.2) is 47.5 Å². The van der Waals surface area contributed by atoms with E-state index in [9.17, 15) is 19.6 Å². The van der Waals surface area contributed by atoms with Crippen molar-refractivity contribution in [3.8, 4) is 17.4 Å². The van der Waals surface area contributed by atoms with Gasteiger partial charge >= 0.3 is 5.97 Å². The standard InChI is InChI=1S/C24H22N2O6/c1-3-31-24(30)17-7-4-6-16(12-17)21-9-8-18(32-21)13-19-15(2)20(14-25)23(29)26(22(19)28)10-5-11-27/h4,6-9,12-13,27H,3,5,10-11H2,1-2H3/b19-13+. The highest BCUT2D eigenvalue weighted by Gasteiger charge is 2.35. The van der Waals surface area contributed by atoms with Crippen LogP contribution in [0.3, 0.4) is 0 Å². The van der Waals surface area contributed by atoms with Gasteiger partial charge < -0.3 is 14.3 Å². The largest absolute Gasteiger partial charge is 0.462 e. The molecule has 1 aromatic heterocycles. The van der Waals surface area contributed by atoms with E-state index in [1.54, 1.807) is 43.3 Å². The highest BCUT2D eigenvalue weighted by molar-refractivity contribution is 6.19. The number of ether oxygens (including phenoxy) is 1. The molecule has 2 heterocycles. The number of hydrogen-bond acceptors (Lipinski definition) is 7. The summed E-state index contributed by atoms with van der Waals surface area (Å²) in [7, 11) is 0. The van der Waals surface area contributed by atoms with Crippen LogP contribution in [0.4, 0.5) is 0 Å². The molecule has 0 atom stereocenters. The maximum atomic E-state index is 12.9. The Balaban J connectivity index is 1.96. The van der Waals surface area contributed by atoms with Crippen molar-refractivity contribution in [2.45, 2.75) is 20.3 Å². The van der Waals surface area contributed by atoms with Crippen molar-refractivity contribution in [3.63, 3.8) is 0 Å². The van der Waals surface area contributed by atoms with Crippen molar-refractivity contribution in [2.75, 3.05) is 19.8 Å². The molecule has 8 nitrogen and oxygen atoms in total. The van der Waals surface area contributed by atoms with Crippen LogP contribution in [0.5, 0.6) is 0 Å². The highest BCUT2D eigenvalue weighted by atomic mass is 16.5. The first kappa shape index (κ1) is 22.7. The average molecular weight is 434 g/mol. The van der Waals surface area contributed by atoms with E-state index in [1.807, 2.05) is 6.07 Å². The minimum absolute atomic E-state index is 0.00796. The van der Waals surface area contributed by atoms with Crippen LogP contribution in [0.2, 0.25) is 0 Å². The molecule has 1 N–H and O–H groups in total. The zero-order valence-electron chi connectivity index (χ0n) is 17.8. The summed E-state index contributed by atoms with van der Waals surface area (Å²) in [6.07, 6.45) is 1.69. The van der Waals surface area contributed by atoms with Crippen LogP contribution in [0, 0.1) is 11.3 Å². The number of benzene rings is 1. The SMILES string of the molecule is CCOC(=O)c1cccc(-c2ccc(/C=C3/C(=O)N(CCCO)C(=O)C(C#N)=C3C)o2)c1. The first-order chi connectivity index (χ1) is 15.4. The highest BCUT2D eigenvalue weighted by Crippen LogP contribution is 2.29. The molecule has 0 fully saturated rings. The van der Waals surface area contributed by atoms with Crippen LogP contribution >= 0.6 is 0 Å². The van der Waals surface area contributed by atoms with E-state index < -0.39 is 17.8 Å². The topological polar surface area (TPSA) is 121 Å². The molecular formula is C24H22N2O6. The Bertz CT molecular complexity index is 1170. The minimum atomic E-state index is -0.670. The lowest BCUT2D eigenvalue weighted by molar-refractivity contribution is -0.140. The Kier molecular flexibility index (Phi) is 7.03. The van der Waals surface area contributed by atoms with E-state index in [0.717, 1.165) is 4.90 Å². The molecule has 0 unspecified atom stereocenters. The molecule has 0 bridgehead atoms. The molecule has 8 heteroatoms. The molecule has 1 aliphatic rings. The number of carbonyl (C=O) groups is 3. The molecule has 32 heavy (non-hydrogen) atoms. The molecule has 164 valence electrons. The maximum Gasteiger partial charge on any atom is 0.338 e. The van der Waals surface area contributed by atoms with Crippen molar-refractivity contribution in [1.82, 2.24) is 4.90 Å². The normalized spacial score (nSPS) is 15.3. The first-order valence-corrected chi connectivity index (χ1v) is 10.1. The van der Waals surface area contributed by atoms with E-state index in [4.69, 9.17) is 14.3 Å². The summed E-state index contributed by atoms with van der Waals surface area (Å²) in [5.74, 6) is -0.841. The van der Waals surface area contributed by atoms with Gasteiger partial charge in [-0.1, -0.05) is 12.1 Å². The number of amides is 2. The number of rotatable bonds is 7. The number of imide groups is 1.